The van der Waals surface area contributed by atoms with Gasteiger partial charge in [-0.05, 0) is 36.4 Å². The molecule has 0 unspecified atom stereocenters. The minimum atomic E-state index is -0.330. The van der Waals surface area contributed by atoms with Crippen LogP contribution in [-0.2, 0) is 6.54 Å². The van der Waals surface area contributed by atoms with E-state index >= 15 is 0 Å². The van der Waals surface area contributed by atoms with Crippen molar-refractivity contribution >= 4 is 5.91 Å². The monoisotopic (exact) mass is 373 g/mol. The Hall–Kier alpha value is -3.80. The summed E-state index contributed by atoms with van der Waals surface area (Å²) in [6.45, 7) is 0.237. The molecule has 2 aromatic heterocycles. The summed E-state index contributed by atoms with van der Waals surface area (Å²) in [6, 6.07) is 19.0. The van der Waals surface area contributed by atoms with E-state index in [9.17, 15) is 9.18 Å². The summed E-state index contributed by atoms with van der Waals surface area (Å²) in [5.74, 6) is -0.0999. The molecule has 0 atom stereocenters. The van der Waals surface area contributed by atoms with Gasteiger partial charge in [0.1, 0.15) is 12.1 Å². The lowest BCUT2D eigenvalue weighted by Crippen LogP contribution is -2.23. The Morgan fingerprint density at radius 1 is 1.00 bits per heavy atom. The van der Waals surface area contributed by atoms with E-state index in [1.165, 1.54) is 24.6 Å². The Labute approximate surface area is 160 Å². The van der Waals surface area contributed by atoms with Crippen molar-refractivity contribution in [2.75, 3.05) is 0 Å². The van der Waals surface area contributed by atoms with E-state index in [1.54, 1.807) is 24.3 Å². The first-order valence-electron chi connectivity index (χ1n) is 8.69. The lowest BCUT2D eigenvalue weighted by atomic mass is 10.1. The number of hydrogen-bond donors (Lipinski definition) is 1. The molecule has 4 rings (SSSR count). The molecule has 0 radical (unpaired) electrons. The Bertz CT molecular complexity index is 1090. The van der Waals surface area contributed by atoms with Gasteiger partial charge in [0.25, 0.3) is 5.91 Å². The fourth-order valence-corrected chi connectivity index (χ4v) is 2.72. The molecule has 0 aliphatic rings. The summed E-state index contributed by atoms with van der Waals surface area (Å²) in [4.78, 5) is 21.0. The molecule has 1 amide bonds. The van der Waals surface area contributed by atoms with Crippen LogP contribution in [0.25, 0.3) is 22.7 Å². The first kappa shape index (κ1) is 17.6. The van der Waals surface area contributed by atoms with Crippen LogP contribution in [0.2, 0.25) is 0 Å². The summed E-state index contributed by atoms with van der Waals surface area (Å²) in [5.41, 5.74) is 3.16. The second-order valence-corrected chi connectivity index (χ2v) is 6.14. The van der Waals surface area contributed by atoms with Crippen LogP contribution in [0.1, 0.15) is 16.1 Å². The highest BCUT2D eigenvalue weighted by Crippen LogP contribution is 2.19. The normalized spacial score (nSPS) is 10.6. The van der Waals surface area contributed by atoms with Gasteiger partial charge in [0.05, 0.1) is 23.5 Å². The van der Waals surface area contributed by atoms with Gasteiger partial charge in [0.2, 0.25) is 5.89 Å². The van der Waals surface area contributed by atoms with Gasteiger partial charge in [-0.15, -0.1) is 0 Å². The zero-order valence-electron chi connectivity index (χ0n) is 14.8. The van der Waals surface area contributed by atoms with Crippen molar-refractivity contribution in [1.82, 2.24) is 15.3 Å². The van der Waals surface area contributed by atoms with E-state index in [0.717, 1.165) is 5.56 Å². The summed E-state index contributed by atoms with van der Waals surface area (Å²) in [5, 5.41) is 2.79. The number of carbonyl (C=O) groups excluding carboxylic acids is 1. The van der Waals surface area contributed by atoms with E-state index in [-0.39, 0.29) is 18.3 Å². The third kappa shape index (κ3) is 3.96. The van der Waals surface area contributed by atoms with E-state index in [1.807, 2.05) is 30.3 Å². The molecule has 0 saturated heterocycles. The molecule has 1 N–H and O–H groups in total. The molecule has 0 aliphatic heterocycles. The van der Waals surface area contributed by atoms with Crippen LogP contribution in [0.5, 0.6) is 0 Å². The Kier molecular flexibility index (Phi) is 4.93. The Balaban J connectivity index is 1.40. The smallest absolute Gasteiger partial charge is 0.253 e. The number of halogens is 1. The molecule has 0 bridgehead atoms. The Morgan fingerprint density at radius 2 is 1.82 bits per heavy atom. The molecule has 4 aromatic rings. The number of rotatable bonds is 5. The van der Waals surface area contributed by atoms with E-state index in [4.69, 9.17) is 4.42 Å². The summed E-state index contributed by atoms with van der Waals surface area (Å²) >= 11 is 0. The lowest BCUT2D eigenvalue weighted by molar-refractivity contribution is 0.0950. The van der Waals surface area contributed by atoms with Crippen molar-refractivity contribution in [1.29, 1.82) is 0 Å². The maximum atomic E-state index is 13.3. The molecule has 0 fully saturated rings. The number of benzene rings is 2. The third-order valence-electron chi connectivity index (χ3n) is 4.15. The molecule has 0 aliphatic carbocycles. The van der Waals surface area contributed by atoms with Crippen LogP contribution >= 0.6 is 0 Å². The van der Waals surface area contributed by atoms with Gasteiger partial charge in [-0.25, -0.2) is 9.37 Å². The van der Waals surface area contributed by atoms with Gasteiger partial charge >= 0.3 is 0 Å². The average Bonchev–Trinajstić information content (AvgIpc) is 3.22. The third-order valence-corrected chi connectivity index (χ3v) is 4.15. The SMILES string of the molecule is O=C(NCc1coc(-c2ccccc2)n1)c1ccc(-c2cccc(F)c2)nc1. The van der Waals surface area contributed by atoms with Gasteiger partial charge in [0, 0.05) is 17.3 Å². The molecule has 2 aromatic carbocycles. The van der Waals surface area contributed by atoms with Crippen LogP contribution in [0, 0.1) is 5.82 Å². The predicted molar refractivity (Wildman–Crippen MR) is 103 cm³/mol. The zero-order valence-corrected chi connectivity index (χ0v) is 14.8. The number of oxazole rings is 1. The molecule has 28 heavy (non-hydrogen) atoms. The topological polar surface area (TPSA) is 68.0 Å². The molecular weight excluding hydrogens is 357 g/mol. The van der Waals surface area contributed by atoms with E-state index in [0.29, 0.717) is 28.4 Å². The largest absolute Gasteiger partial charge is 0.444 e. The van der Waals surface area contributed by atoms with Crippen molar-refractivity contribution in [3.63, 3.8) is 0 Å². The molecule has 6 heteroatoms. The predicted octanol–water partition coefficient (Wildman–Crippen LogP) is 4.47. The Morgan fingerprint density at radius 3 is 2.57 bits per heavy atom. The average molecular weight is 373 g/mol. The van der Waals surface area contributed by atoms with Crippen molar-refractivity contribution in [2.24, 2.45) is 0 Å². The van der Waals surface area contributed by atoms with Crippen LogP contribution < -0.4 is 5.32 Å². The maximum Gasteiger partial charge on any atom is 0.253 e. The maximum absolute atomic E-state index is 13.3. The minimum Gasteiger partial charge on any atom is -0.444 e. The zero-order chi connectivity index (χ0) is 19.3. The van der Waals surface area contributed by atoms with Crippen molar-refractivity contribution in [3.8, 4) is 22.7 Å². The first-order chi connectivity index (χ1) is 13.7. The van der Waals surface area contributed by atoms with Crippen LogP contribution in [-0.4, -0.2) is 15.9 Å². The van der Waals surface area contributed by atoms with E-state index in [2.05, 4.69) is 15.3 Å². The highest BCUT2D eigenvalue weighted by molar-refractivity contribution is 5.94. The lowest BCUT2D eigenvalue weighted by Gasteiger charge is -2.05. The summed E-state index contributed by atoms with van der Waals surface area (Å²) < 4.78 is 18.8. The first-order valence-corrected chi connectivity index (χ1v) is 8.69. The number of hydrogen-bond acceptors (Lipinski definition) is 4. The number of nitrogens with one attached hydrogen (secondary N) is 1. The van der Waals surface area contributed by atoms with Gasteiger partial charge in [-0.2, -0.15) is 0 Å². The number of nitrogens with zero attached hydrogens (tertiary/aromatic N) is 2. The second kappa shape index (κ2) is 7.84. The second-order valence-electron chi connectivity index (χ2n) is 6.14. The summed E-state index contributed by atoms with van der Waals surface area (Å²) in [6.07, 6.45) is 2.99. The highest BCUT2D eigenvalue weighted by Gasteiger charge is 2.10. The number of pyridine rings is 1. The van der Waals surface area contributed by atoms with Crippen LogP contribution in [0.15, 0.2) is 83.6 Å². The molecular formula is C22H16FN3O2. The van der Waals surface area contributed by atoms with Crippen LogP contribution in [0.3, 0.4) is 0 Å². The highest BCUT2D eigenvalue weighted by atomic mass is 19.1. The molecule has 138 valence electrons. The number of aromatic nitrogens is 2. The standard InChI is InChI=1S/C22H16FN3O2/c23-18-8-4-7-16(11-18)20-10-9-17(12-24-20)21(27)25-13-19-14-28-22(26-19)15-5-2-1-3-6-15/h1-12,14H,13H2,(H,25,27). The molecule has 0 spiro atoms. The van der Waals surface area contributed by atoms with Gasteiger partial charge in [0.15, 0.2) is 0 Å². The van der Waals surface area contributed by atoms with Crippen molar-refractivity contribution < 1.29 is 13.6 Å². The van der Waals surface area contributed by atoms with Crippen molar-refractivity contribution in [2.45, 2.75) is 6.54 Å². The molecule has 2 heterocycles. The fraction of sp³-hybridized carbons (Fsp3) is 0.0455. The number of carbonyl (C=O) groups is 1. The van der Waals surface area contributed by atoms with Crippen molar-refractivity contribution in [3.05, 3.63) is 96.3 Å². The van der Waals surface area contributed by atoms with Gasteiger partial charge in [-0.3, -0.25) is 9.78 Å². The molecule has 0 saturated carbocycles. The minimum absolute atomic E-state index is 0.237. The fourth-order valence-electron chi connectivity index (χ4n) is 2.72. The van der Waals surface area contributed by atoms with Gasteiger partial charge in [-0.1, -0.05) is 30.3 Å². The molecule has 5 nitrogen and oxygen atoms in total. The van der Waals surface area contributed by atoms with Gasteiger partial charge < -0.3 is 9.73 Å². The van der Waals surface area contributed by atoms with E-state index < -0.39 is 0 Å². The summed E-state index contributed by atoms with van der Waals surface area (Å²) in [7, 11) is 0. The number of amides is 1. The quantitative estimate of drug-likeness (QED) is 0.560. The van der Waals surface area contributed by atoms with Crippen LogP contribution in [0.4, 0.5) is 4.39 Å².